The summed E-state index contributed by atoms with van der Waals surface area (Å²) < 4.78 is 4.87. The average Bonchev–Trinajstić information content (AvgIpc) is 2.44. The van der Waals surface area contributed by atoms with Crippen molar-refractivity contribution in [3.63, 3.8) is 0 Å². The lowest BCUT2D eigenvalue weighted by molar-refractivity contribution is 0.389. The summed E-state index contributed by atoms with van der Waals surface area (Å²) in [5, 5.41) is 2.88. The van der Waals surface area contributed by atoms with Crippen LogP contribution in [0.1, 0.15) is 0 Å². The second-order valence-corrected chi connectivity index (χ2v) is 1.69. The van der Waals surface area contributed by atoms with Gasteiger partial charge in [-0.05, 0) is 13.0 Å². The Labute approximate surface area is 44.6 Å². The smallest absolute Gasteiger partial charge is 0.0943 e. The van der Waals surface area contributed by atoms with Gasteiger partial charge in [-0.1, -0.05) is 0 Å². The third-order valence-electron chi connectivity index (χ3n) is 1.09. The van der Waals surface area contributed by atoms with Crippen molar-refractivity contribution in [2.75, 3.05) is 13.7 Å². The van der Waals surface area contributed by atoms with Gasteiger partial charge in [-0.2, -0.15) is 0 Å². The molecule has 0 amide bonds. The summed E-state index contributed by atoms with van der Waals surface area (Å²) in [4.78, 5) is 0. The van der Waals surface area contributed by atoms with Crippen LogP contribution >= 0.6 is 0 Å². The fraction of sp³-hybridized carbons (Fsp3) is 1.00. The highest BCUT2D eigenvalue weighted by Gasteiger charge is 2.27. The monoisotopic (exact) mass is 97.1 g/mol. The molecule has 0 aromatic heterocycles. The molecular formula is C4H8BNO. The van der Waals surface area contributed by atoms with Gasteiger partial charge in [0.05, 0.1) is 20.6 Å². The predicted molar refractivity (Wildman–Crippen MR) is 28.3 cm³/mol. The normalized spacial score (nSPS) is 32.4. The molecule has 2 nitrogen and oxygen atoms in total. The van der Waals surface area contributed by atoms with Gasteiger partial charge in [0.2, 0.25) is 0 Å². The molecule has 1 fully saturated rings. The van der Waals surface area contributed by atoms with Crippen molar-refractivity contribution in [1.29, 1.82) is 0 Å². The highest BCUT2D eigenvalue weighted by molar-refractivity contribution is 6.12. The van der Waals surface area contributed by atoms with Gasteiger partial charge in [-0.15, -0.1) is 0 Å². The van der Waals surface area contributed by atoms with Crippen molar-refractivity contribution >= 4 is 7.85 Å². The van der Waals surface area contributed by atoms with Crippen LogP contribution < -0.4 is 5.32 Å². The molecule has 2 atom stereocenters. The molecule has 0 saturated carbocycles. The van der Waals surface area contributed by atoms with Crippen molar-refractivity contribution in [1.82, 2.24) is 5.32 Å². The SMILES string of the molecule is [B]C(NC)C1CO1. The van der Waals surface area contributed by atoms with Crippen molar-refractivity contribution < 1.29 is 4.74 Å². The molecule has 0 spiro atoms. The van der Waals surface area contributed by atoms with Gasteiger partial charge in [0.25, 0.3) is 0 Å². The summed E-state index contributed by atoms with van der Waals surface area (Å²) >= 11 is 0. The van der Waals surface area contributed by atoms with Gasteiger partial charge >= 0.3 is 0 Å². The van der Waals surface area contributed by atoms with Crippen molar-refractivity contribution in [2.45, 2.75) is 12.0 Å². The summed E-state index contributed by atoms with van der Waals surface area (Å²) in [7, 11) is 7.27. The van der Waals surface area contributed by atoms with E-state index in [9.17, 15) is 0 Å². The topological polar surface area (TPSA) is 24.6 Å². The zero-order valence-electron chi connectivity index (χ0n) is 4.35. The minimum Gasteiger partial charge on any atom is -0.372 e. The highest BCUT2D eigenvalue weighted by atomic mass is 16.6. The summed E-state index contributed by atoms with van der Waals surface area (Å²) in [6.45, 7) is 0.821. The second-order valence-electron chi connectivity index (χ2n) is 1.69. The van der Waals surface area contributed by atoms with Crippen LogP contribution in [0.25, 0.3) is 0 Å². The first kappa shape index (κ1) is 5.13. The third kappa shape index (κ3) is 1.18. The predicted octanol–water partition coefficient (Wildman–Crippen LogP) is -0.901. The average molecular weight is 96.9 g/mol. The third-order valence-corrected chi connectivity index (χ3v) is 1.09. The zero-order chi connectivity index (χ0) is 5.28. The minimum atomic E-state index is 0.0417. The van der Waals surface area contributed by atoms with E-state index < -0.39 is 0 Å². The van der Waals surface area contributed by atoms with E-state index in [1.54, 1.807) is 0 Å². The molecule has 0 aliphatic carbocycles. The summed E-state index contributed by atoms with van der Waals surface area (Å²) in [6, 6.07) is 0. The van der Waals surface area contributed by atoms with E-state index in [1.165, 1.54) is 0 Å². The fourth-order valence-corrected chi connectivity index (χ4v) is 0.449. The Morgan fingerprint density at radius 3 is 2.71 bits per heavy atom. The maximum Gasteiger partial charge on any atom is 0.0943 e. The number of hydrogen-bond donors (Lipinski definition) is 1. The molecule has 38 valence electrons. The van der Waals surface area contributed by atoms with E-state index in [1.807, 2.05) is 7.05 Å². The summed E-state index contributed by atoms with van der Waals surface area (Å²) in [6.07, 6.45) is 0.282. The Morgan fingerprint density at radius 1 is 2.00 bits per heavy atom. The van der Waals surface area contributed by atoms with E-state index >= 15 is 0 Å². The molecule has 3 heteroatoms. The molecule has 2 radical (unpaired) electrons. The van der Waals surface area contributed by atoms with Crippen LogP contribution in [0, 0.1) is 0 Å². The van der Waals surface area contributed by atoms with Crippen LogP contribution in [0.15, 0.2) is 0 Å². The number of likely N-dealkylation sites (N-methyl/N-ethyl adjacent to an activating group) is 1. The van der Waals surface area contributed by atoms with E-state index in [0.717, 1.165) is 6.61 Å². The Kier molecular flexibility index (Phi) is 1.35. The van der Waals surface area contributed by atoms with E-state index in [0.29, 0.717) is 0 Å². The molecule has 0 bridgehead atoms. The first-order valence-corrected chi connectivity index (χ1v) is 2.39. The molecular weight excluding hydrogens is 88.9 g/mol. The lowest BCUT2D eigenvalue weighted by Crippen LogP contribution is -2.30. The first-order valence-electron chi connectivity index (χ1n) is 2.39. The van der Waals surface area contributed by atoms with E-state index in [4.69, 9.17) is 12.6 Å². The van der Waals surface area contributed by atoms with Crippen LogP contribution in [0.5, 0.6) is 0 Å². The van der Waals surface area contributed by atoms with Crippen LogP contribution in [-0.4, -0.2) is 33.5 Å². The maximum absolute atomic E-state index is 5.44. The van der Waals surface area contributed by atoms with Crippen LogP contribution in [0.2, 0.25) is 0 Å². The van der Waals surface area contributed by atoms with Crippen LogP contribution in [0.4, 0.5) is 0 Å². The summed E-state index contributed by atoms with van der Waals surface area (Å²) in [5.41, 5.74) is 0. The van der Waals surface area contributed by atoms with Gasteiger partial charge in [-0.3, -0.25) is 0 Å². The lowest BCUT2D eigenvalue weighted by atomic mass is 9.94. The molecule has 1 heterocycles. The number of epoxide rings is 1. The van der Waals surface area contributed by atoms with Crippen LogP contribution in [-0.2, 0) is 4.74 Å². The number of ether oxygens (including phenoxy) is 1. The number of rotatable bonds is 2. The zero-order valence-corrected chi connectivity index (χ0v) is 4.35. The standard InChI is InChI=1S/C4H8BNO/c1-6-4(5)3-2-7-3/h3-4,6H,2H2,1H3. The molecule has 2 unspecified atom stereocenters. The minimum absolute atomic E-state index is 0.0417. The first-order chi connectivity index (χ1) is 3.34. The Balaban J connectivity index is 2.10. The summed E-state index contributed by atoms with van der Waals surface area (Å²) in [5.74, 6) is 0.0417. The van der Waals surface area contributed by atoms with Gasteiger partial charge in [0.15, 0.2) is 0 Å². The number of hydrogen-bond acceptors (Lipinski definition) is 2. The van der Waals surface area contributed by atoms with Gasteiger partial charge < -0.3 is 10.1 Å². The van der Waals surface area contributed by atoms with Crippen molar-refractivity contribution in [3.8, 4) is 0 Å². The van der Waals surface area contributed by atoms with Crippen molar-refractivity contribution in [2.24, 2.45) is 0 Å². The van der Waals surface area contributed by atoms with Crippen LogP contribution in [0.3, 0.4) is 0 Å². The Bertz CT molecular complexity index is 64.7. The lowest BCUT2D eigenvalue weighted by Gasteiger charge is -2.02. The van der Waals surface area contributed by atoms with E-state index in [-0.39, 0.29) is 12.0 Å². The second kappa shape index (κ2) is 1.84. The Morgan fingerprint density at radius 2 is 2.57 bits per heavy atom. The van der Waals surface area contributed by atoms with Gasteiger partial charge in [0.1, 0.15) is 0 Å². The van der Waals surface area contributed by atoms with E-state index in [2.05, 4.69) is 5.32 Å². The molecule has 1 N–H and O–H groups in total. The number of nitrogens with one attached hydrogen (secondary N) is 1. The maximum atomic E-state index is 5.44. The molecule has 1 saturated heterocycles. The Hall–Kier alpha value is -0.0151. The quantitative estimate of drug-likeness (QED) is 0.356. The highest BCUT2D eigenvalue weighted by Crippen LogP contribution is 2.10. The molecule has 1 aliphatic rings. The van der Waals surface area contributed by atoms with Crippen molar-refractivity contribution in [3.05, 3.63) is 0 Å². The largest absolute Gasteiger partial charge is 0.372 e. The molecule has 1 aliphatic heterocycles. The molecule has 0 aromatic rings. The molecule has 7 heavy (non-hydrogen) atoms. The molecule has 0 aromatic carbocycles. The van der Waals surface area contributed by atoms with Gasteiger partial charge in [-0.25, -0.2) is 0 Å². The molecule has 1 rings (SSSR count). The fourth-order valence-electron chi connectivity index (χ4n) is 0.449. The van der Waals surface area contributed by atoms with Gasteiger partial charge in [0, 0.05) is 0 Å².